The van der Waals surface area contributed by atoms with E-state index in [1.807, 2.05) is 12.1 Å². The number of benzene rings is 2. The van der Waals surface area contributed by atoms with Gasteiger partial charge in [0, 0.05) is 12.6 Å². The molecule has 5 nitrogen and oxygen atoms in total. The van der Waals surface area contributed by atoms with E-state index in [4.69, 9.17) is 10.5 Å². The molecule has 2 aromatic carbocycles. The SMILES string of the molecule is CC(C)N(Cc1ccc(C#N)cc1)S(=O)(=O)c1cccc(C#N)c1. The van der Waals surface area contributed by atoms with Gasteiger partial charge in [-0.1, -0.05) is 18.2 Å². The Balaban J connectivity index is 2.38. The quantitative estimate of drug-likeness (QED) is 0.838. The number of sulfonamides is 1. The lowest BCUT2D eigenvalue weighted by Gasteiger charge is -2.26. The van der Waals surface area contributed by atoms with Crippen molar-refractivity contribution in [3.05, 3.63) is 65.2 Å². The van der Waals surface area contributed by atoms with E-state index in [2.05, 4.69) is 0 Å². The molecule has 0 heterocycles. The summed E-state index contributed by atoms with van der Waals surface area (Å²) in [7, 11) is -3.73. The predicted octanol–water partition coefficient (Wildman–Crippen LogP) is 3.03. The first-order valence-corrected chi connectivity index (χ1v) is 8.83. The van der Waals surface area contributed by atoms with Gasteiger partial charge in [-0.3, -0.25) is 0 Å². The Morgan fingerprint density at radius 2 is 1.62 bits per heavy atom. The second kappa shape index (κ2) is 7.27. The molecule has 0 unspecified atom stereocenters. The van der Waals surface area contributed by atoms with Gasteiger partial charge in [0.05, 0.1) is 28.2 Å². The van der Waals surface area contributed by atoms with E-state index >= 15 is 0 Å². The van der Waals surface area contributed by atoms with Gasteiger partial charge in [-0.15, -0.1) is 0 Å². The Hall–Kier alpha value is -2.67. The molecular formula is C18H17N3O2S. The summed E-state index contributed by atoms with van der Waals surface area (Å²) in [5.74, 6) is 0. The molecule has 0 atom stereocenters. The maximum absolute atomic E-state index is 12.9. The van der Waals surface area contributed by atoms with Crippen molar-refractivity contribution in [1.82, 2.24) is 4.31 Å². The minimum Gasteiger partial charge on any atom is -0.207 e. The summed E-state index contributed by atoms with van der Waals surface area (Å²) in [6, 6.07) is 16.6. The van der Waals surface area contributed by atoms with Crippen molar-refractivity contribution in [2.75, 3.05) is 0 Å². The number of nitriles is 2. The first kappa shape index (κ1) is 17.7. The maximum atomic E-state index is 12.9. The molecule has 0 amide bonds. The van der Waals surface area contributed by atoms with Crippen LogP contribution in [0.1, 0.15) is 30.5 Å². The van der Waals surface area contributed by atoms with Crippen molar-refractivity contribution in [2.24, 2.45) is 0 Å². The van der Waals surface area contributed by atoms with Crippen LogP contribution in [0.5, 0.6) is 0 Å². The molecule has 0 aromatic heterocycles. The molecule has 0 aliphatic heterocycles. The highest BCUT2D eigenvalue weighted by atomic mass is 32.2. The summed E-state index contributed by atoms with van der Waals surface area (Å²) in [5.41, 5.74) is 1.63. The Kier molecular flexibility index (Phi) is 5.35. The lowest BCUT2D eigenvalue weighted by atomic mass is 10.1. The Morgan fingerprint density at radius 1 is 1.00 bits per heavy atom. The number of rotatable bonds is 5. The van der Waals surface area contributed by atoms with Crippen LogP contribution in [0, 0.1) is 22.7 Å². The lowest BCUT2D eigenvalue weighted by molar-refractivity contribution is 0.348. The van der Waals surface area contributed by atoms with Gasteiger partial charge < -0.3 is 0 Å². The van der Waals surface area contributed by atoms with Crippen molar-refractivity contribution < 1.29 is 8.42 Å². The zero-order valence-electron chi connectivity index (χ0n) is 13.5. The molecule has 0 bridgehead atoms. The zero-order chi connectivity index (χ0) is 17.7. The van der Waals surface area contributed by atoms with Gasteiger partial charge in [-0.05, 0) is 49.7 Å². The van der Waals surface area contributed by atoms with Crippen LogP contribution in [-0.2, 0) is 16.6 Å². The molecule has 122 valence electrons. The average molecular weight is 339 g/mol. The number of hydrogen-bond donors (Lipinski definition) is 0. The van der Waals surface area contributed by atoms with E-state index in [0.29, 0.717) is 11.1 Å². The van der Waals surface area contributed by atoms with Crippen LogP contribution >= 0.6 is 0 Å². The molecule has 0 fully saturated rings. The molecule has 0 aliphatic carbocycles. The predicted molar refractivity (Wildman–Crippen MR) is 90.2 cm³/mol. The summed E-state index contributed by atoms with van der Waals surface area (Å²) in [6.07, 6.45) is 0. The molecule has 0 saturated carbocycles. The van der Waals surface area contributed by atoms with Gasteiger partial charge in [-0.2, -0.15) is 14.8 Å². The maximum Gasteiger partial charge on any atom is 0.243 e. The molecule has 0 radical (unpaired) electrons. The third-order valence-electron chi connectivity index (χ3n) is 3.57. The fourth-order valence-electron chi connectivity index (χ4n) is 2.27. The van der Waals surface area contributed by atoms with Gasteiger partial charge in [0.15, 0.2) is 0 Å². The summed E-state index contributed by atoms with van der Waals surface area (Å²) in [4.78, 5) is 0.101. The summed E-state index contributed by atoms with van der Waals surface area (Å²) in [6.45, 7) is 3.80. The van der Waals surface area contributed by atoms with Crippen molar-refractivity contribution in [3.8, 4) is 12.1 Å². The highest BCUT2D eigenvalue weighted by molar-refractivity contribution is 7.89. The van der Waals surface area contributed by atoms with Gasteiger partial charge in [0.2, 0.25) is 10.0 Å². The molecule has 2 rings (SSSR count). The first-order chi connectivity index (χ1) is 11.4. The third-order valence-corrected chi connectivity index (χ3v) is 5.58. The first-order valence-electron chi connectivity index (χ1n) is 7.39. The standard InChI is InChI=1S/C18H17N3O2S/c1-14(2)21(13-16-8-6-15(11-19)7-9-16)24(22,23)18-5-3-4-17(10-18)12-20/h3-10,14H,13H2,1-2H3. The fraction of sp³-hybridized carbons (Fsp3) is 0.222. The van der Waals surface area contributed by atoms with Gasteiger partial charge in [-0.25, -0.2) is 8.42 Å². The van der Waals surface area contributed by atoms with E-state index in [1.165, 1.54) is 16.4 Å². The van der Waals surface area contributed by atoms with Crippen LogP contribution in [0.4, 0.5) is 0 Å². The van der Waals surface area contributed by atoms with Crippen molar-refractivity contribution >= 4 is 10.0 Å². The molecule has 0 aliphatic rings. The van der Waals surface area contributed by atoms with Crippen LogP contribution in [-0.4, -0.2) is 18.8 Å². The topological polar surface area (TPSA) is 85.0 Å². The highest BCUT2D eigenvalue weighted by Gasteiger charge is 2.27. The molecule has 0 spiro atoms. The van der Waals surface area contributed by atoms with E-state index < -0.39 is 10.0 Å². The van der Waals surface area contributed by atoms with Crippen LogP contribution in [0.25, 0.3) is 0 Å². The van der Waals surface area contributed by atoms with E-state index in [0.717, 1.165) is 5.56 Å². The minimum absolute atomic E-state index is 0.101. The lowest BCUT2D eigenvalue weighted by Crippen LogP contribution is -2.36. The largest absolute Gasteiger partial charge is 0.243 e. The van der Waals surface area contributed by atoms with Crippen LogP contribution in [0.15, 0.2) is 53.4 Å². The zero-order valence-corrected chi connectivity index (χ0v) is 14.3. The molecule has 24 heavy (non-hydrogen) atoms. The van der Waals surface area contributed by atoms with Crippen LogP contribution in [0.3, 0.4) is 0 Å². The highest BCUT2D eigenvalue weighted by Crippen LogP contribution is 2.22. The number of nitrogens with zero attached hydrogens (tertiary/aromatic N) is 3. The molecule has 0 saturated heterocycles. The Bertz CT molecular complexity index is 905. The van der Waals surface area contributed by atoms with Crippen LogP contribution < -0.4 is 0 Å². The Labute approximate surface area is 142 Å². The molecular weight excluding hydrogens is 322 g/mol. The summed E-state index contributed by atoms with van der Waals surface area (Å²) >= 11 is 0. The molecule has 0 N–H and O–H groups in total. The van der Waals surface area contributed by atoms with E-state index in [9.17, 15) is 8.42 Å². The number of hydrogen-bond acceptors (Lipinski definition) is 4. The molecule has 6 heteroatoms. The second-order valence-corrected chi connectivity index (χ2v) is 7.48. The van der Waals surface area contributed by atoms with Gasteiger partial charge >= 0.3 is 0 Å². The average Bonchev–Trinajstić information content (AvgIpc) is 2.59. The molecule has 2 aromatic rings. The summed E-state index contributed by atoms with van der Waals surface area (Å²) < 4.78 is 27.2. The van der Waals surface area contributed by atoms with E-state index in [1.54, 1.807) is 50.2 Å². The van der Waals surface area contributed by atoms with Crippen molar-refractivity contribution in [3.63, 3.8) is 0 Å². The Morgan fingerprint density at radius 3 is 2.17 bits per heavy atom. The van der Waals surface area contributed by atoms with Crippen molar-refractivity contribution in [1.29, 1.82) is 10.5 Å². The monoisotopic (exact) mass is 339 g/mol. The second-order valence-electron chi connectivity index (χ2n) is 5.59. The van der Waals surface area contributed by atoms with Gasteiger partial charge in [0.25, 0.3) is 0 Å². The van der Waals surface area contributed by atoms with Gasteiger partial charge in [0.1, 0.15) is 0 Å². The van der Waals surface area contributed by atoms with Crippen LogP contribution in [0.2, 0.25) is 0 Å². The smallest absolute Gasteiger partial charge is 0.207 e. The van der Waals surface area contributed by atoms with Crippen molar-refractivity contribution in [2.45, 2.75) is 31.3 Å². The summed E-state index contributed by atoms with van der Waals surface area (Å²) in [5, 5.41) is 17.8. The third kappa shape index (κ3) is 3.80. The van der Waals surface area contributed by atoms with E-state index in [-0.39, 0.29) is 17.5 Å². The fourth-order valence-corrected chi connectivity index (χ4v) is 3.94. The normalized spacial score (nSPS) is 11.2. The minimum atomic E-state index is -3.73.